The van der Waals surface area contributed by atoms with Gasteiger partial charge in [0.2, 0.25) is 0 Å². The summed E-state index contributed by atoms with van der Waals surface area (Å²) in [5.74, 6) is 0. The number of hydrogen-bond acceptors (Lipinski definition) is 0. The third-order valence-electron chi connectivity index (χ3n) is 2.30. The smallest absolute Gasteiger partial charge is 1.00 e. The van der Waals surface area contributed by atoms with Crippen LogP contribution in [0.15, 0.2) is 0 Å². The first-order valence-electron chi connectivity index (χ1n) is 3.93. The van der Waals surface area contributed by atoms with Crippen molar-refractivity contribution in [2.24, 2.45) is 0 Å². The second-order valence-corrected chi connectivity index (χ2v) is 6.62. The van der Waals surface area contributed by atoms with Crippen molar-refractivity contribution in [3.8, 4) is 0 Å². The van der Waals surface area contributed by atoms with Crippen LogP contribution in [-0.4, -0.2) is 31.8 Å². The van der Waals surface area contributed by atoms with Gasteiger partial charge in [-0.05, 0) is 0 Å². The SMILES string of the molecule is CC[SiH]1CCCCC1.[Br-].[Br-].[Mg+2]. The molecular formula is C7H16Br2MgSi. The quantitative estimate of drug-likeness (QED) is 0.434. The van der Waals surface area contributed by atoms with E-state index in [0.29, 0.717) is 0 Å². The second-order valence-electron chi connectivity index (χ2n) is 2.91. The molecule has 0 N–H and O–H groups in total. The Kier molecular flexibility index (Phi) is 20.3. The normalized spacial score (nSPS) is 17.2. The molecule has 0 aromatic rings. The summed E-state index contributed by atoms with van der Waals surface area (Å²) in [5.41, 5.74) is 0. The Morgan fingerprint density at radius 1 is 1.00 bits per heavy atom. The van der Waals surface area contributed by atoms with E-state index in [1.54, 1.807) is 31.0 Å². The van der Waals surface area contributed by atoms with Gasteiger partial charge in [0.25, 0.3) is 0 Å². The monoisotopic (exact) mass is 310 g/mol. The van der Waals surface area contributed by atoms with Crippen LogP contribution in [0.4, 0.5) is 0 Å². The molecule has 1 heterocycles. The Morgan fingerprint density at radius 3 is 1.73 bits per heavy atom. The molecule has 0 atom stereocenters. The first kappa shape index (κ1) is 18.7. The fraction of sp³-hybridized carbons (Fsp3) is 1.00. The van der Waals surface area contributed by atoms with Crippen LogP contribution >= 0.6 is 0 Å². The van der Waals surface area contributed by atoms with Crippen LogP contribution in [0.1, 0.15) is 26.2 Å². The second kappa shape index (κ2) is 11.9. The zero-order valence-electron chi connectivity index (χ0n) is 7.28. The molecule has 1 aliphatic rings. The van der Waals surface area contributed by atoms with E-state index in [0.717, 1.165) is 0 Å². The Bertz CT molecular complexity index is 67.5. The Balaban J connectivity index is -0.000000213. The molecule has 0 aliphatic carbocycles. The standard InChI is InChI=1S/C7H16Si.2BrH.Mg/c1-2-8-6-4-3-5-7-8;;;/h8H,2-7H2,1H3;2*1H;/q;;;+2/p-2. The van der Waals surface area contributed by atoms with Gasteiger partial charge >= 0.3 is 23.1 Å². The van der Waals surface area contributed by atoms with Crippen molar-refractivity contribution in [1.29, 1.82) is 0 Å². The average Bonchev–Trinajstić information content (AvgIpc) is 1.90. The Labute approximate surface area is 109 Å². The van der Waals surface area contributed by atoms with Crippen LogP contribution < -0.4 is 34.0 Å². The molecule has 1 saturated heterocycles. The number of hydrogen-bond donors (Lipinski definition) is 0. The molecule has 0 amide bonds. The summed E-state index contributed by atoms with van der Waals surface area (Å²) >= 11 is 0. The van der Waals surface area contributed by atoms with Crippen LogP contribution in [0.3, 0.4) is 0 Å². The van der Waals surface area contributed by atoms with Gasteiger partial charge in [-0.15, -0.1) is 0 Å². The van der Waals surface area contributed by atoms with E-state index in [9.17, 15) is 0 Å². The average molecular weight is 312 g/mol. The molecule has 1 rings (SSSR count). The van der Waals surface area contributed by atoms with Crippen LogP contribution in [0.2, 0.25) is 18.1 Å². The molecular weight excluding hydrogens is 296 g/mol. The molecule has 64 valence electrons. The van der Waals surface area contributed by atoms with E-state index in [2.05, 4.69) is 6.92 Å². The van der Waals surface area contributed by atoms with Crippen LogP contribution in [0.5, 0.6) is 0 Å². The topological polar surface area (TPSA) is 0 Å². The molecule has 0 bridgehead atoms. The summed E-state index contributed by atoms with van der Waals surface area (Å²) in [4.78, 5) is 0. The van der Waals surface area contributed by atoms with Crippen molar-refractivity contribution in [2.75, 3.05) is 0 Å². The summed E-state index contributed by atoms with van der Waals surface area (Å²) in [6, 6.07) is 4.85. The minimum atomic E-state index is -0.105. The molecule has 0 saturated carbocycles. The molecule has 4 heteroatoms. The molecule has 0 aromatic heterocycles. The Hall–Kier alpha value is 1.94. The van der Waals surface area contributed by atoms with E-state index >= 15 is 0 Å². The number of halogens is 2. The van der Waals surface area contributed by atoms with Crippen molar-refractivity contribution < 1.29 is 34.0 Å². The van der Waals surface area contributed by atoms with E-state index in [1.165, 1.54) is 6.42 Å². The van der Waals surface area contributed by atoms with Gasteiger partial charge in [-0.1, -0.05) is 44.3 Å². The van der Waals surface area contributed by atoms with Gasteiger partial charge in [0.1, 0.15) is 0 Å². The molecule has 1 fully saturated rings. The summed E-state index contributed by atoms with van der Waals surface area (Å²) in [6.07, 6.45) is 4.65. The van der Waals surface area contributed by atoms with Crippen LogP contribution in [0, 0.1) is 0 Å². The Morgan fingerprint density at radius 2 is 1.45 bits per heavy atom. The predicted octanol–water partition coefficient (Wildman–Crippen LogP) is -3.96. The fourth-order valence-electron chi connectivity index (χ4n) is 1.60. The minimum absolute atomic E-state index is 0. The van der Waals surface area contributed by atoms with Crippen molar-refractivity contribution in [3.63, 3.8) is 0 Å². The molecule has 1 aliphatic heterocycles. The third-order valence-corrected chi connectivity index (χ3v) is 5.91. The van der Waals surface area contributed by atoms with E-state index in [-0.39, 0.29) is 65.8 Å². The summed E-state index contributed by atoms with van der Waals surface area (Å²) in [6.45, 7) is 2.38. The molecule has 0 aromatic carbocycles. The van der Waals surface area contributed by atoms with Crippen LogP contribution in [-0.2, 0) is 0 Å². The van der Waals surface area contributed by atoms with Crippen molar-refractivity contribution in [2.45, 2.75) is 44.3 Å². The third kappa shape index (κ3) is 8.28. The van der Waals surface area contributed by atoms with Gasteiger partial charge in [-0.25, -0.2) is 0 Å². The van der Waals surface area contributed by atoms with Crippen LogP contribution in [0.25, 0.3) is 0 Å². The molecule has 0 spiro atoms. The maximum Gasteiger partial charge on any atom is 2.00 e. The zero-order chi connectivity index (χ0) is 5.82. The maximum absolute atomic E-state index is 2.38. The minimum Gasteiger partial charge on any atom is -1.00 e. The van der Waals surface area contributed by atoms with Gasteiger partial charge in [-0.2, -0.15) is 0 Å². The van der Waals surface area contributed by atoms with Gasteiger partial charge < -0.3 is 34.0 Å². The van der Waals surface area contributed by atoms with E-state index in [1.807, 2.05) is 0 Å². The maximum atomic E-state index is 2.38. The summed E-state index contributed by atoms with van der Waals surface area (Å²) in [7, 11) is -0.105. The molecule has 11 heavy (non-hydrogen) atoms. The van der Waals surface area contributed by atoms with E-state index < -0.39 is 0 Å². The van der Waals surface area contributed by atoms with Gasteiger partial charge in [0.15, 0.2) is 0 Å². The predicted molar refractivity (Wildman–Crippen MR) is 46.8 cm³/mol. The molecule has 0 unspecified atom stereocenters. The molecule has 0 nitrogen and oxygen atoms in total. The van der Waals surface area contributed by atoms with E-state index in [4.69, 9.17) is 0 Å². The largest absolute Gasteiger partial charge is 2.00 e. The van der Waals surface area contributed by atoms with Crippen molar-refractivity contribution in [3.05, 3.63) is 0 Å². The van der Waals surface area contributed by atoms with Crippen molar-refractivity contribution in [1.82, 2.24) is 0 Å². The van der Waals surface area contributed by atoms with Crippen molar-refractivity contribution >= 4 is 31.8 Å². The number of rotatable bonds is 1. The van der Waals surface area contributed by atoms with Gasteiger partial charge in [0, 0.05) is 8.80 Å². The summed E-state index contributed by atoms with van der Waals surface area (Å²) in [5, 5.41) is 0. The first-order valence-corrected chi connectivity index (χ1v) is 6.38. The zero-order valence-corrected chi connectivity index (χ0v) is 13.0. The van der Waals surface area contributed by atoms with Gasteiger partial charge in [0.05, 0.1) is 0 Å². The molecule has 0 radical (unpaired) electrons. The first-order chi connectivity index (χ1) is 3.93. The van der Waals surface area contributed by atoms with Gasteiger partial charge in [-0.3, -0.25) is 0 Å². The summed E-state index contributed by atoms with van der Waals surface area (Å²) < 4.78 is 0. The fourth-order valence-corrected chi connectivity index (χ4v) is 4.43.